The number of amides is 1. The fourth-order valence-corrected chi connectivity index (χ4v) is 3.79. The van der Waals surface area contributed by atoms with E-state index in [0.29, 0.717) is 5.56 Å². The number of piperazine rings is 1. The second-order valence-electron chi connectivity index (χ2n) is 6.63. The van der Waals surface area contributed by atoms with E-state index in [1.54, 1.807) is 6.20 Å². The first-order chi connectivity index (χ1) is 12.3. The molecule has 25 heavy (non-hydrogen) atoms. The van der Waals surface area contributed by atoms with Gasteiger partial charge in [0.15, 0.2) is 0 Å². The Balaban J connectivity index is 1.60. The van der Waals surface area contributed by atoms with E-state index in [1.807, 2.05) is 35.2 Å². The Morgan fingerprint density at radius 1 is 1.04 bits per heavy atom. The number of hydrogen-bond donors (Lipinski definition) is 0. The molecule has 0 aliphatic carbocycles. The predicted molar refractivity (Wildman–Crippen MR) is 100 cm³/mol. The predicted octanol–water partition coefficient (Wildman–Crippen LogP) is 2.43. The normalized spacial score (nSPS) is 17.6. The van der Waals surface area contributed by atoms with Gasteiger partial charge in [-0.3, -0.25) is 4.79 Å². The molecule has 1 amide bonds. The van der Waals surface area contributed by atoms with Crippen LogP contribution in [0, 0.1) is 0 Å². The van der Waals surface area contributed by atoms with Crippen molar-refractivity contribution < 1.29 is 4.79 Å². The van der Waals surface area contributed by atoms with E-state index in [0.717, 1.165) is 57.2 Å². The van der Waals surface area contributed by atoms with Crippen molar-refractivity contribution in [2.24, 2.45) is 0 Å². The van der Waals surface area contributed by atoms with Crippen LogP contribution in [0.1, 0.15) is 22.8 Å². The molecule has 0 N–H and O–H groups in total. The molecule has 1 fully saturated rings. The number of likely N-dealkylation sites (N-methyl/N-ethyl adjacent to an activating group) is 1. The van der Waals surface area contributed by atoms with Crippen LogP contribution in [0.2, 0.25) is 0 Å². The number of carbonyl (C=O) groups excluding carboxylic acids is 1. The molecular formula is C20H24N4O. The van der Waals surface area contributed by atoms with Gasteiger partial charge in [-0.25, -0.2) is 4.98 Å². The number of aromatic nitrogens is 1. The molecule has 0 radical (unpaired) electrons. The Bertz CT molecular complexity index is 768. The van der Waals surface area contributed by atoms with Gasteiger partial charge in [0, 0.05) is 44.6 Å². The fourth-order valence-electron chi connectivity index (χ4n) is 3.79. The van der Waals surface area contributed by atoms with Gasteiger partial charge >= 0.3 is 0 Å². The Morgan fingerprint density at radius 2 is 1.84 bits per heavy atom. The van der Waals surface area contributed by atoms with E-state index >= 15 is 0 Å². The lowest BCUT2D eigenvalue weighted by atomic mass is 10.1. The van der Waals surface area contributed by atoms with E-state index < -0.39 is 0 Å². The van der Waals surface area contributed by atoms with Crippen molar-refractivity contribution in [3.63, 3.8) is 0 Å². The Morgan fingerprint density at radius 3 is 2.64 bits per heavy atom. The molecule has 1 aromatic carbocycles. The van der Waals surface area contributed by atoms with Crippen LogP contribution in [0.25, 0.3) is 0 Å². The second-order valence-corrected chi connectivity index (χ2v) is 6.63. The van der Waals surface area contributed by atoms with Crippen molar-refractivity contribution in [2.45, 2.75) is 13.3 Å². The summed E-state index contributed by atoms with van der Waals surface area (Å²) in [6.07, 6.45) is 2.71. The molecule has 5 heteroatoms. The number of para-hydroxylation sites is 1. The first-order valence-corrected chi connectivity index (χ1v) is 9.10. The summed E-state index contributed by atoms with van der Waals surface area (Å²) in [5, 5.41) is 0. The number of benzene rings is 1. The van der Waals surface area contributed by atoms with Crippen LogP contribution in [0.3, 0.4) is 0 Å². The third-order valence-corrected chi connectivity index (χ3v) is 5.27. The molecule has 1 aromatic heterocycles. The highest BCUT2D eigenvalue weighted by molar-refractivity contribution is 6.10. The van der Waals surface area contributed by atoms with Crippen LogP contribution in [0.4, 0.5) is 11.5 Å². The third kappa shape index (κ3) is 3.00. The van der Waals surface area contributed by atoms with Gasteiger partial charge in [-0.1, -0.05) is 25.1 Å². The topological polar surface area (TPSA) is 39.7 Å². The summed E-state index contributed by atoms with van der Waals surface area (Å²) in [4.78, 5) is 24.4. The summed E-state index contributed by atoms with van der Waals surface area (Å²) in [7, 11) is 0. The van der Waals surface area contributed by atoms with Crippen LogP contribution in [-0.2, 0) is 6.42 Å². The summed E-state index contributed by atoms with van der Waals surface area (Å²) in [6, 6.07) is 12.0. The lowest BCUT2D eigenvalue weighted by Crippen LogP contribution is -2.47. The van der Waals surface area contributed by atoms with Crippen molar-refractivity contribution in [3.8, 4) is 0 Å². The number of carbonyl (C=O) groups is 1. The molecule has 2 aromatic rings. The van der Waals surface area contributed by atoms with Crippen molar-refractivity contribution in [2.75, 3.05) is 49.1 Å². The maximum absolute atomic E-state index is 13.2. The zero-order chi connectivity index (χ0) is 17.2. The van der Waals surface area contributed by atoms with Crippen LogP contribution < -0.4 is 9.80 Å². The molecule has 130 valence electrons. The average Bonchev–Trinajstić information content (AvgIpc) is 3.12. The molecule has 1 saturated heterocycles. The highest BCUT2D eigenvalue weighted by Crippen LogP contribution is 2.30. The molecular weight excluding hydrogens is 312 g/mol. The molecule has 0 bridgehead atoms. The third-order valence-electron chi connectivity index (χ3n) is 5.27. The van der Waals surface area contributed by atoms with Crippen molar-refractivity contribution >= 4 is 17.4 Å². The SMILES string of the molecule is CCN1CCN(c2ncccc2C(=O)N2CCc3ccccc32)CC1. The van der Waals surface area contributed by atoms with Gasteiger partial charge in [0.25, 0.3) is 5.91 Å². The van der Waals surface area contributed by atoms with Gasteiger partial charge in [-0.15, -0.1) is 0 Å². The number of hydrogen-bond acceptors (Lipinski definition) is 4. The first kappa shape index (κ1) is 16.1. The molecule has 2 aliphatic rings. The van der Waals surface area contributed by atoms with Crippen LogP contribution >= 0.6 is 0 Å². The quantitative estimate of drug-likeness (QED) is 0.863. The van der Waals surface area contributed by atoms with Gasteiger partial charge in [-0.05, 0) is 36.7 Å². The van der Waals surface area contributed by atoms with E-state index in [-0.39, 0.29) is 5.91 Å². The number of fused-ring (bicyclic) bond motifs is 1. The average molecular weight is 336 g/mol. The van der Waals surface area contributed by atoms with E-state index in [4.69, 9.17) is 0 Å². The maximum Gasteiger partial charge on any atom is 0.262 e. The number of nitrogens with zero attached hydrogens (tertiary/aromatic N) is 4. The van der Waals surface area contributed by atoms with Gasteiger partial charge in [0.2, 0.25) is 0 Å². The highest BCUT2D eigenvalue weighted by atomic mass is 16.2. The summed E-state index contributed by atoms with van der Waals surface area (Å²) >= 11 is 0. The van der Waals surface area contributed by atoms with E-state index in [1.165, 1.54) is 5.56 Å². The Labute approximate surface area is 148 Å². The van der Waals surface area contributed by atoms with Gasteiger partial charge in [0.05, 0.1) is 5.56 Å². The molecule has 2 aliphatic heterocycles. The van der Waals surface area contributed by atoms with E-state index in [9.17, 15) is 4.79 Å². The fraction of sp³-hybridized carbons (Fsp3) is 0.400. The van der Waals surface area contributed by atoms with Gasteiger partial charge in [-0.2, -0.15) is 0 Å². The molecule has 5 nitrogen and oxygen atoms in total. The smallest absolute Gasteiger partial charge is 0.262 e. The Hall–Kier alpha value is -2.40. The summed E-state index contributed by atoms with van der Waals surface area (Å²) in [5.74, 6) is 0.888. The minimum Gasteiger partial charge on any atom is -0.353 e. The zero-order valence-electron chi connectivity index (χ0n) is 14.7. The monoisotopic (exact) mass is 336 g/mol. The lowest BCUT2D eigenvalue weighted by Gasteiger charge is -2.35. The molecule has 0 spiro atoms. The molecule has 0 saturated carbocycles. The van der Waals surface area contributed by atoms with Crippen molar-refractivity contribution in [1.82, 2.24) is 9.88 Å². The number of rotatable bonds is 3. The standard InChI is InChI=1S/C20H24N4O/c1-2-22-12-14-23(15-13-22)19-17(7-5-10-21-19)20(25)24-11-9-16-6-3-4-8-18(16)24/h3-8,10H,2,9,11-15H2,1H3. The molecule has 3 heterocycles. The minimum atomic E-state index is 0.0611. The van der Waals surface area contributed by atoms with Crippen molar-refractivity contribution in [3.05, 3.63) is 53.7 Å². The number of anilines is 2. The summed E-state index contributed by atoms with van der Waals surface area (Å²) < 4.78 is 0. The Kier molecular flexibility index (Phi) is 4.40. The minimum absolute atomic E-state index is 0.0611. The molecule has 4 rings (SSSR count). The van der Waals surface area contributed by atoms with Gasteiger partial charge in [0.1, 0.15) is 5.82 Å². The van der Waals surface area contributed by atoms with Gasteiger partial charge < -0.3 is 14.7 Å². The number of pyridine rings is 1. The second kappa shape index (κ2) is 6.84. The van der Waals surface area contributed by atoms with E-state index in [2.05, 4.69) is 27.8 Å². The summed E-state index contributed by atoms with van der Waals surface area (Å²) in [6.45, 7) is 7.89. The highest BCUT2D eigenvalue weighted by Gasteiger charge is 2.29. The zero-order valence-corrected chi connectivity index (χ0v) is 14.7. The molecule has 0 unspecified atom stereocenters. The lowest BCUT2D eigenvalue weighted by molar-refractivity contribution is 0.0989. The van der Waals surface area contributed by atoms with Crippen LogP contribution in [0.5, 0.6) is 0 Å². The maximum atomic E-state index is 13.2. The molecule has 0 atom stereocenters. The largest absolute Gasteiger partial charge is 0.353 e. The summed E-state index contributed by atoms with van der Waals surface area (Å²) in [5.41, 5.74) is 3.00. The van der Waals surface area contributed by atoms with Crippen LogP contribution in [-0.4, -0.2) is 55.1 Å². The first-order valence-electron chi connectivity index (χ1n) is 9.10. The van der Waals surface area contributed by atoms with Crippen molar-refractivity contribution in [1.29, 1.82) is 0 Å². The van der Waals surface area contributed by atoms with Crippen LogP contribution in [0.15, 0.2) is 42.6 Å².